The van der Waals surface area contributed by atoms with Crippen molar-refractivity contribution in [2.75, 3.05) is 18.0 Å². The number of rotatable bonds is 1. The van der Waals surface area contributed by atoms with Gasteiger partial charge in [0.2, 0.25) is 5.95 Å². The van der Waals surface area contributed by atoms with Crippen molar-refractivity contribution in [2.45, 2.75) is 6.42 Å². The molecule has 0 N–H and O–H groups in total. The molecule has 1 aromatic carbocycles. The summed E-state index contributed by atoms with van der Waals surface area (Å²) in [6.07, 6.45) is 13.2. The maximum Gasteiger partial charge on any atom is 0.226 e. The number of para-hydroxylation sites is 1. The van der Waals surface area contributed by atoms with Crippen LogP contribution in [0.2, 0.25) is 0 Å². The molecule has 1 saturated heterocycles. The first-order chi connectivity index (χ1) is 9.90. The maximum atomic E-state index is 4.68. The van der Waals surface area contributed by atoms with E-state index in [4.69, 9.17) is 0 Å². The molecule has 0 amide bonds. The van der Waals surface area contributed by atoms with Crippen LogP contribution in [-0.4, -0.2) is 23.1 Å². The zero-order valence-electron chi connectivity index (χ0n) is 11.2. The fourth-order valence-corrected chi connectivity index (χ4v) is 3.09. The predicted octanol–water partition coefficient (Wildman–Crippen LogP) is 3.00. The van der Waals surface area contributed by atoms with Crippen molar-refractivity contribution in [1.82, 2.24) is 9.97 Å². The van der Waals surface area contributed by atoms with Gasteiger partial charge in [-0.3, -0.25) is 0 Å². The van der Waals surface area contributed by atoms with Crippen LogP contribution in [0.5, 0.6) is 0 Å². The molecule has 1 aromatic heterocycles. The minimum atomic E-state index is 0.587. The zero-order chi connectivity index (χ0) is 13.4. The Morgan fingerprint density at radius 3 is 2.90 bits per heavy atom. The quantitative estimate of drug-likeness (QED) is 0.791. The molecule has 2 aliphatic rings. The third kappa shape index (κ3) is 1.99. The molecule has 0 spiro atoms. The summed E-state index contributed by atoms with van der Waals surface area (Å²) in [5.74, 6) is 2.08. The molecule has 1 aliphatic carbocycles. The molecule has 99 valence electrons. The van der Waals surface area contributed by atoms with E-state index in [2.05, 4.69) is 45.4 Å². The SMILES string of the molecule is [c]1nc(N2CCC3C=CC=CC3C2)nc2ccccc12. The third-order valence-corrected chi connectivity index (χ3v) is 4.22. The topological polar surface area (TPSA) is 29.0 Å². The van der Waals surface area contributed by atoms with Crippen LogP contribution < -0.4 is 4.90 Å². The second-order valence-corrected chi connectivity index (χ2v) is 5.48. The van der Waals surface area contributed by atoms with E-state index in [1.54, 1.807) is 0 Å². The van der Waals surface area contributed by atoms with Gasteiger partial charge in [0.1, 0.15) is 6.20 Å². The minimum Gasteiger partial charge on any atom is -0.340 e. The van der Waals surface area contributed by atoms with Crippen molar-refractivity contribution in [1.29, 1.82) is 0 Å². The van der Waals surface area contributed by atoms with E-state index in [1.807, 2.05) is 24.3 Å². The van der Waals surface area contributed by atoms with Crippen molar-refractivity contribution in [3.8, 4) is 0 Å². The van der Waals surface area contributed by atoms with Gasteiger partial charge in [-0.25, -0.2) is 9.97 Å². The molecule has 20 heavy (non-hydrogen) atoms. The highest BCUT2D eigenvalue weighted by Gasteiger charge is 2.28. The Morgan fingerprint density at radius 1 is 1.10 bits per heavy atom. The molecule has 1 fully saturated rings. The molecule has 0 bridgehead atoms. The minimum absolute atomic E-state index is 0.587. The van der Waals surface area contributed by atoms with Crippen LogP contribution in [0.15, 0.2) is 48.6 Å². The number of benzene rings is 1. The second-order valence-electron chi connectivity index (χ2n) is 5.48. The van der Waals surface area contributed by atoms with Gasteiger partial charge in [0.25, 0.3) is 0 Å². The molecule has 2 aromatic rings. The largest absolute Gasteiger partial charge is 0.340 e. The molecule has 2 atom stereocenters. The Morgan fingerprint density at radius 2 is 1.95 bits per heavy atom. The standard InChI is InChI=1S/C17H16N3/c1-2-7-15-12-20(10-9-13(15)5-1)17-18-11-14-6-3-4-8-16(14)19-17/h1-8,13,15H,9-10,12H2. The maximum absolute atomic E-state index is 4.68. The molecule has 1 aliphatic heterocycles. The Bertz CT molecular complexity index is 689. The van der Waals surface area contributed by atoms with E-state index in [0.29, 0.717) is 11.8 Å². The van der Waals surface area contributed by atoms with E-state index in [1.165, 1.54) is 6.42 Å². The molecule has 0 saturated carbocycles. The van der Waals surface area contributed by atoms with Crippen LogP contribution in [0, 0.1) is 18.0 Å². The first-order valence-corrected chi connectivity index (χ1v) is 7.14. The lowest BCUT2D eigenvalue weighted by Gasteiger charge is -2.37. The van der Waals surface area contributed by atoms with E-state index < -0.39 is 0 Å². The fourth-order valence-electron chi connectivity index (χ4n) is 3.09. The number of nitrogens with zero attached hydrogens (tertiary/aromatic N) is 3. The molecule has 1 radical (unpaired) electrons. The highest BCUT2D eigenvalue weighted by Crippen LogP contribution is 2.30. The Hall–Kier alpha value is -2.16. The van der Waals surface area contributed by atoms with Gasteiger partial charge in [-0.05, 0) is 18.4 Å². The molecular weight excluding hydrogens is 246 g/mol. The van der Waals surface area contributed by atoms with Crippen molar-refractivity contribution in [3.05, 3.63) is 54.8 Å². The average Bonchev–Trinajstić information content (AvgIpc) is 2.54. The first-order valence-electron chi connectivity index (χ1n) is 7.14. The molecule has 4 rings (SSSR count). The van der Waals surface area contributed by atoms with E-state index in [0.717, 1.165) is 29.9 Å². The normalized spacial score (nSPS) is 24.9. The van der Waals surface area contributed by atoms with Gasteiger partial charge < -0.3 is 4.90 Å². The number of piperidine rings is 1. The van der Waals surface area contributed by atoms with Gasteiger partial charge in [0, 0.05) is 24.4 Å². The Balaban J connectivity index is 1.63. The predicted molar refractivity (Wildman–Crippen MR) is 80.5 cm³/mol. The molecule has 2 heterocycles. The van der Waals surface area contributed by atoms with E-state index in [-0.39, 0.29) is 0 Å². The fraction of sp³-hybridized carbons (Fsp3) is 0.294. The number of aromatic nitrogens is 2. The van der Waals surface area contributed by atoms with Crippen molar-refractivity contribution in [3.63, 3.8) is 0 Å². The van der Waals surface area contributed by atoms with E-state index >= 15 is 0 Å². The van der Waals surface area contributed by atoms with Crippen LogP contribution >= 0.6 is 0 Å². The summed E-state index contributed by atoms with van der Waals surface area (Å²) in [4.78, 5) is 11.4. The Kier molecular flexibility index (Phi) is 2.76. The van der Waals surface area contributed by atoms with E-state index in [9.17, 15) is 0 Å². The highest BCUT2D eigenvalue weighted by molar-refractivity contribution is 5.77. The summed E-state index contributed by atoms with van der Waals surface area (Å²) < 4.78 is 0. The summed E-state index contributed by atoms with van der Waals surface area (Å²) >= 11 is 0. The zero-order valence-corrected chi connectivity index (χ0v) is 11.2. The van der Waals surface area contributed by atoms with Crippen molar-refractivity contribution in [2.24, 2.45) is 11.8 Å². The molecular formula is C17H16N3. The number of fused-ring (bicyclic) bond motifs is 2. The number of hydrogen-bond acceptors (Lipinski definition) is 3. The monoisotopic (exact) mass is 262 g/mol. The summed E-state index contributed by atoms with van der Waals surface area (Å²) in [7, 11) is 0. The highest BCUT2D eigenvalue weighted by atomic mass is 15.3. The van der Waals surface area contributed by atoms with Crippen LogP contribution in [0.1, 0.15) is 6.42 Å². The third-order valence-electron chi connectivity index (χ3n) is 4.22. The number of allylic oxidation sites excluding steroid dienone is 3. The van der Waals surface area contributed by atoms with Crippen LogP contribution in [0.3, 0.4) is 0 Å². The lowest BCUT2D eigenvalue weighted by atomic mass is 9.83. The summed E-state index contributed by atoms with van der Waals surface area (Å²) in [6.45, 7) is 2.02. The second kappa shape index (κ2) is 4.75. The number of anilines is 1. The van der Waals surface area contributed by atoms with Gasteiger partial charge in [0.05, 0.1) is 5.52 Å². The summed E-state index contributed by atoms with van der Waals surface area (Å²) in [5.41, 5.74) is 0.971. The molecule has 2 unspecified atom stereocenters. The van der Waals surface area contributed by atoms with Gasteiger partial charge in [0.15, 0.2) is 0 Å². The lowest BCUT2D eigenvalue weighted by molar-refractivity contribution is 0.385. The molecule has 3 nitrogen and oxygen atoms in total. The van der Waals surface area contributed by atoms with Gasteiger partial charge in [-0.2, -0.15) is 0 Å². The van der Waals surface area contributed by atoms with Gasteiger partial charge >= 0.3 is 0 Å². The summed E-state index contributed by atoms with van der Waals surface area (Å²) in [5, 5.41) is 0.978. The number of hydrogen-bond donors (Lipinski definition) is 0. The average molecular weight is 262 g/mol. The van der Waals surface area contributed by atoms with Crippen LogP contribution in [-0.2, 0) is 0 Å². The smallest absolute Gasteiger partial charge is 0.226 e. The van der Waals surface area contributed by atoms with Gasteiger partial charge in [-0.15, -0.1) is 0 Å². The Labute approximate surface area is 118 Å². The molecule has 3 heteroatoms. The lowest BCUT2D eigenvalue weighted by Crippen LogP contribution is -2.40. The van der Waals surface area contributed by atoms with Crippen LogP contribution in [0.25, 0.3) is 10.9 Å². The van der Waals surface area contributed by atoms with Crippen molar-refractivity contribution < 1.29 is 0 Å². The van der Waals surface area contributed by atoms with Crippen molar-refractivity contribution >= 4 is 16.9 Å². The summed E-state index contributed by atoms with van der Waals surface area (Å²) in [6, 6.07) is 8.02. The van der Waals surface area contributed by atoms with Crippen LogP contribution in [0.4, 0.5) is 5.95 Å². The first kappa shape index (κ1) is 11.6. The van der Waals surface area contributed by atoms with Gasteiger partial charge in [-0.1, -0.05) is 42.5 Å².